The molecular weight excluding hydrogens is 296 g/mol. The fourth-order valence-electron chi connectivity index (χ4n) is 2.17. The van der Waals surface area contributed by atoms with Crippen LogP contribution in [0.1, 0.15) is 41.5 Å². The molecule has 1 atom stereocenters. The largest absolute Gasteiger partial charge is 0.356 e. The van der Waals surface area contributed by atoms with Gasteiger partial charge < -0.3 is 10.6 Å². The van der Waals surface area contributed by atoms with E-state index in [2.05, 4.69) is 15.7 Å². The number of ketones is 1. The van der Waals surface area contributed by atoms with Gasteiger partial charge in [0.25, 0.3) is 0 Å². The van der Waals surface area contributed by atoms with Crippen LogP contribution in [0.25, 0.3) is 0 Å². The van der Waals surface area contributed by atoms with Crippen LogP contribution in [0.5, 0.6) is 0 Å². The molecule has 0 saturated carbocycles. The first kappa shape index (κ1) is 16.2. The van der Waals surface area contributed by atoms with Gasteiger partial charge in [-0.2, -0.15) is 5.10 Å². The van der Waals surface area contributed by atoms with Crippen LogP contribution < -0.4 is 10.6 Å². The molecule has 1 unspecified atom stereocenters. The van der Waals surface area contributed by atoms with Gasteiger partial charge in [-0.25, -0.2) is 0 Å². The van der Waals surface area contributed by atoms with Crippen molar-refractivity contribution in [1.82, 2.24) is 15.1 Å². The molecule has 1 heterocycles. The van der Waals surface area contributed by atoms with Crippen molar-refractivity contribution in [2.75, 3.05) is 5.32 Å². The van der Waals surface area contributed by atoms with Gasteiger partial charge >= 0.3 is 0 Å². The van der Waals surface area contributed by atoms with Crippen LogP contribution >= 0.6 is 12.2 Å². The van der Waals surface area contributed by atoms with E-state index in [0.717, 1.165) is 16.9 Å². The molecule has 2 rings (SSSR count). The first-order valence-corrected chi connectivity index (χ1v) is 7.46. The second-order valence-electron chi connectivity index (χ2n) is 5.26. The summed E-state index contributed by atoms with van der Waals surface area (Å²) in [5.74, 6) is 0.0490. The zero-order valence-electron chi connectivity index (χ0n) is 13.2. The monoisotopic (exact) mass is 316 g/mol. The smallest absolute Gasteiger partial charge is 0.171 e. The van der Waals surface area contributed by atoms with E-state index in [1.165, 1.54) is 0 Å². The maximum atomic E-state index is 11.2. The second-order valence-corrected chi connectivity index (χ2v) is 5.67. The highest BCUT2D eigenvalue weighted by atomic mass is 32.1. The maximum absolute atomic E-state index is 11.2. The van der Waals surface area contributed by atoms with Gasteiger partial charge in [-0.05, 0) is 57.3 Å². The van der Waals surface area contributed by atoms with Gasteiger partial charge in [0.2, 0.25) is 0 Å². The Labute approximate surface area is 135 Å². The van der Waals surface area contributed by atoms with Crippen molar-refractivity contribution >= 4 is 28.8 Å². The van der Waals surface area contributed by atoms with Gasteiger partial charge in [0.15, 0.2) is 10.9 Å². The van der Waals surface area contributed by atoms with Gasteiger partial charge in [0, 0.05) is 29.6 Å². The third kappa shape index (κ3) is 3.71. The van der Waals surface area contributed by atoms with Gasteiger partial charge in [0.05, 0.1) is 12.2 Å². The van der Waals surface area contributed by atoms with E-state index in [0.29, 0.717) is 10.7 Å². The number of rotatable bonds is 4. The Morgan fingerprint density at radius 1 is 1.32 bits per heavy atom. The number of nitrogens with one attached hydrogen (secondary N) is 2. The highest BCUT2D eigenvalue weighted by Crippen LogP contribution is 2.16. The molecule has 0 saturated heterocycles. The van der Waals surface area contributed by atoms with E-state index in [1.807, 2.05) is 43.9 Å². The van der Waals surface area contributed by atoms with Crippen molar-refractivity contribution in [2.45, 2.75) is 26.8 Å². The molecule has 2 aromatic rings. The summed E-state index contributed by atoms with van der Waals surface area (Å²) in [6.45, 7) is 5.61. The molecule has 0 aliphatic rings. The third-order valence-electron chi connectivity index (χ3n) is 3.64. The second kappa shape index (κ2) is 6.70. The summed E-state index contributed by atoms with van der Waals surface area (Å²) in [7, 11) is 1.92. The van der Waals surface area contributed by atoms with Crippen LogP contribution in [-0.4, -0.2) is 20.7 Å². The van der Waals surface area contributed by atoms with E-state index in [-0.39, 0.29) is 11.8 Å². The van der Waals surface area contributed by atoms with Gasteiger partial charge in [0.1, 0.15) is 0 Å². The SMILES string of the molecule is CC(=O)c1ccc(NC(=S)NC(C)c2cnn(C)c2C)cc1. The number of hydrogen-bond donors (Lipinski definition) is 2. The van der Waals surface area contributed by atoms with Crippen LogP contribution in [0.15, 0.2) is 30.5 Å². The summed E-state index contributed by atoms with van der Waals surface area (Å²) in [5.41, 5.74) is 3.74. The minimum atomic E-state index is 0.0490. The minimum Gasteiger partial charge on any atom is -0.356 e. The number of carbonyl (C=O) groups is 1. The quantitative estimate of drug-likeness (QED) is 0.671. The van der Waals surface area contributed by atoms with Crippen molar-refractivity contribution in [3.05, 3.63) is 47.3 Å². The van der Waals surface area contributed by atoms with Crippen LogP contribution in [-0.2, 0) is 7.05 Å². The molecule has 0 bridgehead atoms. The number of nitrogens with zero attached hydrogens (tertiary/aromatic N) is 2. The first-order valence-electron chi connectivity index (χ1n) is 7.05. The molecule has 5 nitrogen and oxygen atoms in total. The molecule has 22 heavy (non-hydrogen) atoms. The lowest BCUT2D eigenvalue weighted by molar-refractivity contribution is 0.101. The number of benzene rings is 1. The fraction of sp³-hybridized carbons (Fsp3) is 0.312. The molecule has 6 heteroatoms. The summed E-state index contributed by atoms with van der Waals surface area (Å²) >= 11 is 5.33. The highest BCUT2D eigenvalue weighted by Gasteiger charge is 2.13. The Bertz CT molecular complexity index is 691. The van der Waals surface area contributed by atoms with Crippen LogP contribution in [0.2, 0.25) is 0 Å². The molecule has 0 aliphatic carbocycles. The number of Topliss-reactive ketones (excluding diaryl/α,β-unsaturated/α-hetero) is 1. The summed E-state index contributed by atoms with van der Waals surface area (Å²) in [4.78, 5) is 11.2. The summed E-state index contributed by atoms with van der Waals surface area (Å²) < 4.78 is 1.84. The van der Waals surface area contributed by atoms with Crippen molar-refractivity contribution in [3.63, 3.8) is 0 Å². The lowest BCUT2D eigenvalue weighted by Crippen LogP contribution is -2.31. The Hall–Kier alpha value is -2.21. The molecule has 0 fully saturated rings. The first-order chi connectivity index (χ1) is 10.4. The summed E-state index contributed by atoms with van der Waals surface area (Å²) in [6, 6.07) is 7.30. The predicted molar refractivity (Wildman–Crippen MR) is 92.2 cm³/mol. The predicted octanol–water partition coefficient (Wildman–Crippen LogP) is 2.98. The molecule has 2 N–H and O–H groups in total. The van der Waals surface area contributed by atoms with Crippen molar-refractivity contribution in [2.24, 2.45) is 7.05 Å². The fourth-order valence-corrected chi connectivity index (χ4v) is 2.47. The minimum absolute atomic E-state index is 0.0490. The molecule has 0 aliphatic heterocycles. The van der Waals surface area contributed by atoms with E-state index in [1.54, 1.807) is 19.1 Å². The van der Waals surface area contributed by atoms with Gasteiger partial charge in [-0.3, -0.25) is 9.48 Å². The van der Waals surface area contributed by atoms with Gasteiger partial charge in [-0.15, -0.1) is 0 Å². The number of aryl methyl sites for hydroxylation is 1. The van der Waals surface area contributed by atoms with Crippen LogP contribution in [0, 0.1) is 6.92 Å². The normalized spacial score (nSPS) is 11.8. The Morgan fingerprint density at radius 3 is 2.45 bits per heavy atom. The maximum Gasteiger partial charge on any atom is 0.171 e. The average Bonchev–Trinajstić information content (AvgIpc) is 2.79. The van der Waals surface area contributed by atoms with E-state index in [9.17, 15) is 4.79 Å². The van der Waals surface area contributed by atoms with E-state index < -0.39 is 0 Å². The number of anilines is 1. The van der Waals surface area contributed by atoms with Crippen molar-refractivity contribution < 1.29 is 4.79 Å². The Morgan fingerprint density at radius 2 is 1.95 bits per heavy atom. The standard InChI is InChI=1S/C16H20N4OS/c1-10(15-9-17-20(4)11(15)2)18-16(22)19-14-7-5-13(6-8-14)12(3)21/h5-10H,1-4H3,(H2,18,19,22). The zero-order chi connectivity index (χ0) is 16.3. The molecular formula is C16H20N4OS. The molecule has 1 aromatic carbocycles. The zero-order valence-corrected chi connectivity index (χ0v) is 14.0. The van der Waals surface area contributed by atoms with Crippen LogP contribution in [0.3, 0.4) is 0 Å². The summed E-state index contributed by atoms with van der Waals surface area (Å²) in [5, 5.41) is 11.1. The van der Waals surface area contributed by atoms with E-state index >= 15 is 0 Å². The molecule has 1 aromatic heterocycles. The topological polar surface area (TPSA) is 59.0 Å². The van der Waals surface area contributed by atoms with Crippen molar-refractivity contribution in [3.8, 4) is 0 Å². The highest BCUT2D eigenvalue weighted by molar-refractivity contribution is 7.80. The number of carbonyl (C=O) groups excluding carboxylic acids is 1. The number of hydrogen-bond acceptors (Lipinski definition) is 3. The van der Waals surface area contributed by atoms with Crippen LogP contribution in [0.4, 0.5) is 5.69 Å². The average molecular weight is 316 g/mol. The Balaban J connectivity index is 1.97. The summed E-state index contributed by atoms with van der Waals surface area (Å²) in [6.07, 6.45) is 1.84. The lowest BCUT2D eigenvalue weighted by Gasteiger charge is -2.17. The third-order valence-corrected chi connectivity index (χ3v) is 3.86. The van der Waals surface area contributed by atoms with E-state index in [4.69, 9.17) is 12.2 Å². The number of aromatic nitrogens is 2. The lowest BCUT2D eigenvalue weighted by atomic mass is 10.1. The number of thiocarbonyl (C=S) groups is 1. The molecule has 0 radical (unpaired) electrons. The van der Waals surface area contributed by atoms with Crippen molar-refractivity contribution in [1.29, 1.82) is 0 Å². The molecule has 0 amide bonds. The molecule has 116 valence electrons. The van der Waals surface area contributed by atoms with Gasteiger partial charge in [-0.1, -0.05) is 0 Å². The Kier molecular flexibility index (Phi) is 4.92. The molecule has 0 spiro atoms.